The first kappa shape index (κ1) is 21.1. The Morgan fingerprint density at radius 1 is 0.867 bits per heavy atom. The van der Waals surface area contributed by atoms with Gasteiger partial charge >= 0.3 is 5.97 Å². The highest BCUT2D eigenvalue weighted by Gasteiger charge is 2.17. The molecule has 0 aliphatic carbocycles. The fourth-order valence-corrected chi connectivity index (χ4v) is 3.42. The molecule has 0 aromatic heterocycles. The van der Waals surface area contributed by atoms with Crippen LogP contribution in [0.3, 0.4) is 0 Å². The molecule has 0 aliphatic rings. The van der Waals surface area contributed by atoms with E-state index in [4.69, 9.17) is 10.00 Å². The lowest BCUT2D eigenvalue weighted by Crippen LogP contribution is -2.15. The molecule has 0 amide bonds. The molecule has 30 heavy (non-hydrogen) atoms. The third-order valence-corrected chi connectivity index (χ3v) is 5.11. The van der Waals surface area contributed by atoms with Gasteiger partial charge in [0.15, 0.2) is 0 Å². The maximum absolute atomic E-state index is 11.6. The minimum atomic E-state index is -0.722. The largest absolute Gasteiger partial charge is 0.481 e. The average molecular weight is 399 g/mol. The summed E-state index contributed by atoms with van der Waals surface area (Å²) in [6.45, 7) is 0. The Labute approximate surface area is 177 Å². The summed E-state index contributed by atoms with van der Waals surface area (Å²) in [6.07, 6.45) is 3.79. The fraction of sp³-hybridized carbons (Fsp3) is 0.231. The third kappa shape index (κ3) is 6.49. The zero-order valence-electron chi connectivity index (χ0n) is 16.8. The zero-order valence-corrected chi connectivity index (χ0v) is 16.8. The topological polar surface area (TPSA) is 70.3 Å². The summed E-state index contributed by atoms with van der Waals surface area (Å²) in [5.41, 5.74) is 2.89. The number of benzene rings is 3. The first-order chi connectivity index (χ1) is 14.6. The van der Waals surface area contributed by atoms with Gasteiger partial charge in [0.05, 0.1) is 17.6 Å². The average Bonchev–Trinajstić information content (AvgIpc) is 2.77. The van der Waals surface area contributed by atoms with Crippen molar-refractivity contribution in [3.05, 3.63) is 95.6 Å². The summed E-state index contributed by atoms with van der Waals surface area (Å²) in [7, 11) is 0. The Bertz CT molecular complexity index is 991. The Kier molecular flexibility index (Phi) is 7.63. The van der Waals surface area contributed by atoms with Crippen LogP contribution in [0.25, 0.3) is 0 Å². The number of aryl methyl sites for hydroxylation is 2. The standard InChI is InChI=1S/C26H25NO3/c27-19-22-9-5-11-25(18-22)30-24-16-13-21(14-17-24)12-15-23(26(28)29)10-4-8-20-6-2-1-3-7-20/h1-3,5-7,9,11,13-14,16-18,23H,4,8,10,12,15H2,(H,28,29). The van der Waals surface area contributed by atoms with Gasteiger partial charge < -0.3 is 9.84 Å². The minimum Gasteiger partial charge on any atom is -0.481 e. The lowest BCUT2D eigenvalue weighted by atomic mass is 9.93. The first-order valence-electron chi connectivity index (χ1n) is 10.2. The molecular weight excluding hydrogens is 374 g/mol. The van der Waals surface area contributed by atoms with E-state index in [0.717, 1.165) is 18.4 Å². The maximum Gasteiger partial charge on any atom is 0.306 e. The number of hydrogen-bond donors (Lipinski definition) is 1. The number of carbonyl (C=O) groups is 1. The summed E-state index contributed by atoms with van der Waals surface area (Å²) >= 11 is 0. The summed E-state index contributed by atoms with van der Waals surface area (Å²) in [4.78, 5) is 11.6. The molecule has 1 unspecified atom stereocenters. The van der Waals surface area contributed by atoms with Crippen molar-refractivity contribution in [2.75, 3.05) is 0 Å². The van der Waals surface area contributed by atoms with Crippen LogP contribution in [0.15, 0.2) is 78.9 Å². The molecular formula is C26H25NO3. The van der Waals surface area contributed by atoms with Crippen molar-refractivity contribution >= 4 is 5.97 Å². The molecule has 0 saturated heterocycles. The monoisotopic (exact) mass is 399 g/mol. The van der Waals surface area contributed by atoms with Crippen molar-refractivity contribution in [3.63, 3.8) is 0 Å². The Hall–Kier alpha value is -3.58. The van der Waals surface area contributed by atoms with Gasteiger partial charge in [-0.15, -0.1) is 0 Å². The minimum absolute atomic E-state index is 0.335. The highest BCUT2D eigenvalue weighted by atomic mass is 16.5. The van der Waals surface area contributed by atoms with Crippen molar-refractivity contribution in [3.8, 4) is 17.6 Å². The van der Waals surface area contributed by atoms with Crippen LogP contribution < -0.4 is 4.74 Å². The molecule has 152 valence electrons. The number of nitrogens with zero attached hydrogens (tertiary/aromatic N) is 1. The van der Waals surface area contributed by atoms with Crippen LogP contribution in [-0.2, 0) is 17.6 Å². The number of aliphatic carboxylic acids is 1. The molecule has 4 nitrogen and oxygen atoms in total. The van der Waals surface area contributed by atoms with Gasteiger partial charge in [-0.2, -0.15) is 5.26 Å². The predicted octanol–water partition coefficient (Wildman–Crippen LogP) is 6.01. The van der Waals surface area contributed by atoms with Gasteiger partial charge in [-0.3, -0.25) is 4.79 Å². The first-order valence-corrected chi connectivity index (χ1v) is 10.2. The van der Waals surface area contributed by atoms with Crippen molar-refractivity contribution < 1.29 is 14.6 Å². The van der Waals surface area contributed by atoms with Crippen LogP contribution in [0.1, 0.15) is 36.0 Å². The van der Waals surface area contributed by atoms with E-state index in [1.165, 1.54) is 5.56 Å². The quantitative estimate of drug-likeness (QED) is 0.453. The second kappa shape index (κ2) is 10.8. The van der Waals surface area contributed by atoms with Crippen LogP contribution >= 0.6 is 0 Å². The van der Waals surface area contributed by atoms with Crippen molar-refractivity contribution in [1.29, 1.82) is 5.26 Å². The van der Waals surface area contributed by atoms with E-state index in [0.29, 0.717) is 36.3 Å². The van der Waals surface area contributed by atoms with Crippen molar-refractivity contribution in [2.45, 2.75) is 32.1 Å². The normalized spacial score (nSPS) is 11.4. The van der Waals surface area contributed by atoms with Crippen molar-refractivity contribution in [1.82, 2.24) is 0 Å². The van der Waals surface area contributed by atoms with E-state index in [1.54, 1.807) is 18.2 Å². The smallest absolute Gasteiger partial charge is 0.306 e. The SMILES string of the molecule is N#Cc1cccc(Oc2ccc(CCC(CCCc3ccccc3)C(=O)O)cc2)c1. The molecule has 3 rings (SSSR count). The van der Waals surface area contributed by atoms with Gasteiger partial charge in [-0.05, 0) is 73.6 Å². The number of carboxylic acids is 1. The van der Waals surface area contributed by atoms with Gasteiger partial charge in [0, 0.05) is 0 Å². The van der Waals surface area contributed by atoms with Crippen LogP contribution in [0, 0.1) is 17.2 Å². The lowest BCUT2D eigenvalue weighted by Gasteiger charge is -2.13. The Morgan fingerprint density at radius 3 is 2.30 bits per heavy atom. The summed E-state index contributed by atoms with van der Waals surface area (Å²) in [6, 6.07) is 27.0. The van der Waals surface area contributed by atoms with E-state index in [1.807, 2.05) is 48.5 Å². The lowest BCUT2D eigenvalue weighted by molar-refractivity contribution is -0.142. The molecule has 0 heterocycles. The molecule has 1 atom stereocenters. The van der Waals surface area contributed by atoms with Gasteiger partial charge in [-0.25, -0.2) is 0 Å². The van der Waals surface area contributed by atoms with Crippen LogP contribution in [0.5, 0.6) is 11.5 Å². The highest BCUT2D eigenvalue weighted by molar-refractivity contribution is 5.69. The van der Waals surface area contributed by atoms with Gasteiger partial charge in [0.2, 0.25) is 0 Å². The molecule has 3 aromatic carbocycles. The van der Waals surface area contributed by atoms with E-state index in [9.17, 15) is 9.90 Å². The second-order valence-electron chi connectivity index (χ2n) is 7.34. The van der Waals surface area contributed by atoms with Crippen LogP contribution in [0.4, 0.5) is 0 Å². The molecule has 0 spiro atoms. The summed E-state index contributed by atoms with van der Waals surface area (Å²) in [5.74, 6) is 0.247. The number of rotatable bonds is 10. The third-order valence-electron chi connectivity index (χ3n) is 5.11. The predicted molar refractivity (Wildman–Crippen MR) is 116 cm³/mol. The molecule has 0 fully saturated rings. The molecule has 0 bridgehead atoms. The fourth-order valence-electron chi connectivity index (χ4n) is 3.42. The second-order valence-corrected chi connectivity index (χ2v) is 7.34. The number of nitriles is 1. The van der Waals surface area contributed by atoms with Crippen LogP contribution in [-0.4, -0.2) is 11.1 Å². The van der Waals surface area contributed by atoms with E-state index >= 15 is 0 Å². The number of ether oxygens (including phenoxy) is 1. The van der Waals surface area contributed by atoms with Gasteiger partial charge in [0.25, 0.3) is 0 Å². The van der Waals surface area contributed by atoms with E-state index in [2.05, 4.69) is 18.2 Å². The number of carboxylic acid groups (broad SMARTS) is 1. The molecule has 1 N–H and O–H groups in total. The zero-order chi connectivity index (χ0) is 21.2. The molecule has 3 aromatic rings. The molecule has 0 radical (unpaired) electrons. The van der Waals surface area contributed by atoms with E-state index in [-0.39, 0.29) is 5.92 Å². The molecule has 0 saturated carbocycles. The Balaban J connectivity index is 1.49. The maximum atomic E-state index is 11.6. The number of hydrogen-bond acceptors (Lipinski definition) is 3. The van der Waals surface area contributed by atoms with Gasteiger partial charge in [-0.1, -0.05) is 48.5 Å². The summed E-state index contributed by atoms with van der Waals surface area (Å²) < 4.78 is 5.79. The van der Waals surface area contributed by atoms with Crippen molar-refractivity contribution in [2.24, 2.45) is 5.92 Å². The molecule has 4 heteroatoms. The van der Waals surface area contributed by atoms with Crippen LogP contribution in [0.2, 0.25) is 0 Å². The molecule has 0 aliphatic heterocycles. The van der Waals surface area contributed by atoms with Gasteiger partial charge in [0.1, 0.15) is 11.5 Å². The highest BCUT2D eigenvalue weighted by Crippen LogP contribution is 2.24. The summed E-state index contributed by atoms with van der Waals surface area (Å²) in [5, 5.41) is 18.5. The Morgan fingerprint density at radius 2 is 1.60 bits per heavy atom. The van der Waals surface area contributed by atoms with E-state index < -0.39 is 5.97 Å².